The maximum absolute atomic E-state index is 11.1. The molecular formula is C13H15BrN2O2. The Labute approximate surface area is 115 Å². The number of hydrogen-bond acceptors (Lipinski definition) is 3. The fourth-order valence-electron chi connectivity index (χ4n) is 1.59. The van der Waals surface area contributed by atoms with Gasteiger partial charge in [0.05, 0.1) is 17.2 Å². The van der Waals surface area contributed by atoms with Crippen molar-refractivity contribution in [2.75, 3.05) is 11.9 Å². The van der Waals surface area contributed by atoms with Crippen LogP contribution in [0.4, 0.5) is 5.69 Å². The highest BCUT2D eigenvalue weighted by Gasteiger charge is 2.21. The Morgan fingerprint density at radius 2 is 2.22 bits per heavy atom. The van der Waals surface area contributed by atoms with Gasteiger partial charge < -0.3 is 10.4 Å². The Bertz CT molecular complexity index is 480. The maximum Gasteiger partial charge on any atom is 0.308 e. The van der Waals surface area contributed by atoms with Crippen LogP contribution >= 0.6 is 15.9 Å². The van der Waals surface area contributed by atoms with E-state index >= 15 is 0 Å². The average molecular weight is 311 g/mol. The van der Waals surface area contributed by atoms with Gasteiger partial charge in [-0.3, -0.25) is 4.79 Å². The van der Waals surface area contributed by atoms with E-state index in [2.05, 4.69) is 27.3 Å². The summed E-state index contributed by atoms with van der Waals surface area (Å²) in [6.07, 6.45) is 0. The number of aliphatic carboxylic acids is 1. The molecule has 0 spiro atoms. The van der Waals surface area contributed by atoms with E-state index < -0.39 is 11.9 Å². The number of anilines is 1. The average Bonchev–Trinajstić information content (AvgIpc) is 2.28. The van der Waals surface area contributed by atoms with Gasteiger partial charge in [-0.2, -0.15) is 5.26 Å². The number of hydrogen-bond donors (Lipinski definition) is 2. The highest BCUT2D eigenvalue weighted by atomic mass is 79.9. The van der Waals surface area contributed by atoms with Gasteiger partial charge in [-0.05, 0) is 24.1 Å². The first-order valence-electron chi connectivity index (χ1n) is 5.62. The molecule has 0 fully saturated rings. The standard InChI is InChI=1S/C13H15BrN2O2/c1-8(2)11(13(17)18)7-16-12-5-10(14)4-3-9(12)6-15/h3-5,8,11,16H,7H2,1-2H3,(H,17,18). The van der Waals surface area contributed by atoms with Crippen molar-refractivity contribution in [3.8, 4) is 6.07 Å². The Hall–Kier alpha value is -1.54. The third kappa shape index (κ3) is 3.74. The number of carboxylic acids is 1. The minimum Gasteiger partial charge on any atom is -0.481 e. The lowest BCUT2D eigenvalue weighted by molar-refractivity contribution is -0.142. The van der Waals surface area contributed by atoms with E-state index in [0.29, 0.717) is 17.8 Å². The van der Waals surface area contributed by atoms with Crippen molar-refractivity contribution in [3.63, 3.8) is 0 Å². The second-order valence-corrected chi connectivity index (χ2v) is 5.29. The number of nitriles is 1. The highest BCUT2D eigenvalue weighted by Crippen LogP contribution is 2.22. The zero-order valence-electron chi connectivity index (χ0n) is 10.3. The summed E-state index contributed by atoms with van der Waals surface area (Å²) in [5.74, 6) is -1.27. The number of nitrogens with one attached hydrogen (secondary N) is 1. The molecule has 96 valence electrons. The number of rotatable bonds is 5. The summed E-state index contributed by atoms with van der Waals surface area (Å²) in [6, 6.07) is 7.32. The summed E-state index contributed by atoms with van der Waals surface area (Å²) >= 11 is 3.32. The van der Waals surface area contributed by atoms with Crippen LogP contribution in [0.1, 0.15) is 19.4 Å². The fourth-order valence-corrected chi connectivity index (χ4v) is 1.95. The fraction of sp³-hybridized carbons (Fsp3) is 0.385. The second kappa shape index (κ2) is 6.41. The third-order valence-electron chi connectivity index (χ3n) is 2.74. The van der Waals surface area contributed by atoms with Crippen LogP contribution in [0, 0.1) is 23.2 Å². The summed E-state index contributed by atoms with van der Waals surface area (Å²) in [5.41, 5.74) is 1.16. The Morgan fingerprint density at radius 1 is 1.56 bits per heavy atom. The summed E-state index contributed by atoms with van der Waals surface area (Å²) < 4.78 is 0.848. The number of halogens is 1. The summed E-state index contributed by atoms with van der Waals surface area (Å²) in [4.78, 5) is 11.1. The van der Waals surface area contributed by atoms with Gasteiger partial charge in [0.25, 0.3) is 0 Å². The molecule has 1 atom stereocenters. The van der Waals surface area contributed by atoms with E-state index in [1.165, 1.54) is 0 Å². The largest absolute Gasteiger partial charge is 0.481 e. The van der Waals surface area contributed by atoms with Crippen molar-refractivity contribution < 1.29 is 9.90 Å². The van der Waals surface area contributed by atoms with Gasteiger partial charge in [0.2, 0.25) is 0 Å². The highest BCUT2D eigenvalue weighted by molar-refractivity contribution is 9.10. The number of benzene rings is 1. The zero-order chi connectivity index (χ0) is 13.7. The Balaban J connectivity index is 2.82. The van der Waals surface area contributed by atoms with Crippen LogP contribution in [-0.2, 0) is 4.79 Å². The van der Waals surface area contributed by atoms with Crippen LogP contribution in [0.25, 0.3) is 0 Å². The lowest BCUT2D eigenvalue weighted by atomic mass is 9.96. The van der Waals surface area contributed by atoms with Crippen LogP contribution in [0.3, 0.4) is 0 Å². The summed E-state index contributed by atoms with van der Waals surface area (Å²) in [6.45, 7) is 4.04. The minimum atomic E-state index is -0.828. The molecule has 18 heavy (non-hydrogen) atoms. The van der Waals surface area contributed by atoms with Crippen molar-refractivity contribution in [1.29, 1.82) is 5.26 Å². The van der Waals surface area contributed by atoms with Crippen molar-refractivity contribution in [1.82, 2.24) is 0 Å². The summed E-state index contributed by atoms with van der Waals surface area (Å²) in [7, 11) is 0. The SMILES string of the molecule is CC(C)C(CNc1cc(Br)ccc1C#N)C(=O)O. The van der Waals surface area contributed by atoms with Crippen LogP contribution in [-0.4, -0.2) is 17.6 Å². The molecule has 0 aliphatic carbocycles. The maximum atomic E-state index is 11.1. The Morgan fingerprint density at radius 3 is 2.72 bits per heavy atom. The van der Waals surface area contributed by atoms with Gasteiger partial charge in [-0.1, -0.05) is 29.8 Å². The predicted molar refractivity (Wildman–Crippen MR) is 73.3 cm³/mol. The number of carbonyl (C=O) groups is 1. The molecule has 0 amide bonds. The first-order valence-corrected chi connectivity index (χ1v) is 6.41. The first-order chi connectivity index (χ1) is 8.45. The van der Waals surface area contributed by atoms with E-state index in [1.54, 1.807) is 18.2 Å². The lowest BCUT2D eigenvalue weighted by Gasteiger charge is -2.18. The second-order valence-electron chi connectivity index (χ2n) is 4.37. The predicted octanol–water partition coefficient (Wildman–Crippen LogP) is 3.09. The van der Waals surface area contributed by atoms with Gasteiger partial charge in [-0.15, -0.1) is 0 Å². The van der Waals surface area contributed by atoms with Gasteiger partial charge in [0.15, 0.2) is 0 Å². The van der Waals surface area contributed by atoms with Crippen molar-refractivity contribution >= 4 is 27.6 Å². The first kappa shape index (κ1) is 14.5. The van der Waals surface area contributed by atoms with E-state index in [1.807, 2.05) is 13.8 Å². The molecular weight excluding hydrogens is 296 g/mol. The molecule has 0 bridgehead atoms. The molecule has 0 aromatic heterocycles. The van der Waals surface area contributed by atoms with E-state index in [-0.39, 0.29) is 5.92 Å². The molecule has 0 aliphatic rings. The molecule has 2 N–H and O–H groups in total. The minimum absolute atomic E-state index is 0.0349. The molecule has 0 heterocycles. The van der Waals surface area contributed by atoms with Crippen LogP contribution in [0.5, 0.6) is 0 Å². The lowest BCUT2D eigenvalue weighted by Crippen LogP contribution is -2.27. The van der Waals surface area contributed by atoms with E-state index in [9.17, 15) is 4.79 Å². The van der Waals surface area contributed by atoms with Crippen molar-refractivity contribution in [3.05, 3.63) is 28.2 Å². The van der Waals surface area contributed by atoms with Crippen LogP contribution < -0.4 is 5.32 Å². The van der Waals surface area contributed by atoms with Gasteiger partial charge >= 0.3 is 5.97 Å². The van der Waals surface area contributed by atoms with E-state index in [4.69, 9.17) is 10.4 Å². The van der Waals surface area contributed by atoms with Crippen molar-refractivity contribution in [2.45, 2.75) is 13.8 Å². The van der Waals surface area contributed by atoms with Crippen LogP contribution in [0.15, 0.2) is 22.7 Å². The molecule has 1 unspecified atom stereocenters. The van der Waals surface area contributed by atoms with Crippen molar-refractivity contribution in [2.24, 2.45) is 11.8 Å². The summed E-state index contributed by atoms with van der Waals surface area (Å²) in [5, 5.41) is 21.1. The number of carboxylic acid groups (broad SMARTS) is 1. The smallest absolute Gasteiger partial charge is 0.308 e. The normalized spacial score (nSPS) is 11.9. The van der Waals surface area contributed by atoms with Gasteiger partial charge in [0.1, 0.15) is 6.07 Å². The molecule has 0 saturated carbocycles. The Kier molecular flexibility index (Phi) is 5.17. The molecule has 1 rings (SSSR count). The van der Waals surface area contributed by atoms with Gasteiger partial charge in [-0.25, -0.2) is 0 Å². The molecule has 0 radical (unpaired) electrons. The van der Waals surface area contributed by atoms with E-state index in [0.717, 1.165) is 4.47 Å². The molecule has 4 nitrogen and oxygen atoms in total. The molecule has 1 aromatic rings. The topological polar surface area (TPSA) is 73.1 Å². The third-order valence-corrected chi connectivity index (χ3v) is 3.23. The monoisotopic (exact) mass is 310 g/mol. The number of nitrogens with zero attached hydrogens (tertiary/aromatic N) is 1. The zero-order valence-corrected chi connectivity index (χ0v) is 11.9. The quantitative estimate of drug-likeness (QED) is 0.876. The molecule has 0 saturated heterocycles. The molecule has 5 heteroatoms. The molecule has 0 aliphatic heterocycles. The van der Waals surface area contributed by atoms with Crippen LogP contribution in [0.2, 0.25) is 0 Å². The molecule has 1 aromatic carbocycles. The van der Waals surface area contributed by atoms with Gasteiger partial charge in [0, 0.05) is 11.0 Å².